The molecule has 0 bridgehead atoms. The van der Waals surface area contributed by atoms with Gasteiger partial charge in [0.25, 0.3) is 5.91 Å². The summed E-state index contributed by atoms with van der Waals surface area (Å²) in [7, 11) is 1.42. The zero-order chi connectivity index (χ0) is 18.1. The number of methoxy groups -OCH3 is 1. The molecule has 0 N–H and O–H groups in total. The average molecular weight is 357 g/mol. The van der Waals surface area contributed by atoms with Crippen LogP contribution < -0.4 is 4.74 Å². The number of ether oxygens (including phenoxy) is 1. The number of amides is 1. The number of hydrogen-bond acceptors (Lipinski definition) is 3. The van der Waals surface area contributed by atoms with Crippen molar-refractivity contribution in [3.8, 4) is 5.75 Å². The van der Waals surface area contributed by atoms with E-state index in [1.54, 1.807) is 6.07 Å². The van der Waals surface area contributed by atoms with E-state index in [-0.39, 0.29) is 17.6 Å². The van der Waals surface area contributed by atoms with Crippen molar-refractivity contribution >= 4 is 5.91 Å². The third-order valence-corrected chi connectivity index (χ3v) is 5.37. The highest BCUT2D eigenvalue weighted by Crippen LogP contribution is 2.33. The molecule has 6 heteroatoms. The Balaban J connectivity index is 1.48. The van der Waals surface area contributed by atoms with Gasteiger partial charge in [-0.25, -0.2) is 9.37 Å². The molecule has 0 radical (unpaired) electrons. The Hall–Kier alpha value is -2.37. The topological polar surface area (TPSA) is 47.4 Å². The molecular formula is C20H24FN3O2. The van der Waals surface area contributed by atoms with Crippen LogP contribution in [-0.2, 0) is 6.54 Å². The van der Waals surface area contributed by atoms with E-state index < -0.39 is 5.82 Å². The van der Waals surface area contributed by atoms with Crippen molar-refractivity contribution in [2.75, 3.05) is 20.2 Å². The summed E-state index contributed by atoms with van der Waals surface area (Å²) >= 11 is 0. The summed E-state index contributed by atoms with van der Waals surface area (Å²) in [4.78, 5) is 19.2. The van der Waals surface area contributed by atoms with Crippen molar-refractivity contribution in [2.45, 2.75) is 38.1 Å². The van der Waals surface area contributed by atoms with Crippen LogP contribution >= 0.6 is 0 Å². The highest BCUT2D eigenvalue weighted by atomic mass is 19.1. The molecule has 1 atom stereocenters. The number of aromatic nitrogens is 2. The van der Waals surface area contributed by atoms with Crippen molar-refractivity contribution in [1.29, 1.82) is 0 Å². The first-order valence-corrected chi connectivity index (χ1v) is 9.29. The van der Waals surface area contributed by atoms with Crippen molar-refractivity contribution in [2.24, 2.45) is 5.92 Å². The van der Waals surface area contributed by atoms with Gasteiger partial charge in [-0.05, 0) is 49.8 Å². The molecule has 0 spiro atoms. The van der Waals surface area contributed by atoms with E-state index in [2.05, 4.69) is 9.55 Å². The first kappa shape index (κ1) is 17.1. The van der Waals surface area contributed by atoms with Crippen LogP contribution in [0.3, 0.4) is 0 Å². The summed E-state index contributed by atoms with van der Waals surface area (Å²) in [5, 5.41) is 0. The Bertz CT molecular complexity index is 800. The van der Waals surface area contributed by atoms with Crippen molar-refractivity contribution in [3.63, 3.8) is 0 Å². The molecule has 138 valence electrons. The number of carbonyl (C=O) groups excluding carboxylic acids is 1. The van der Waals surface area contributed by atoms with E-state index in [0.29, 0.717) is 18.7 Å². The van der Waals surface area contributed by atoms with Gasteiger partial charge in [-0.15, -0.1) is 0 Å². The molecule has 1 aliphatic carbocycles. The van der Waals surface area contributed by atoms with Crippen LogP contribution in [0.25, 0.3) is 0 Å². The number of imidazole rings is 1. The number of benzene rings is 1. The second-order valence-corrected chi connectivity index (χ2v) is 7.32. The lowest BCUT2D eigenvalue weighted by atomic mass is 9.96. The van der Waals surface area contributed by atoms with Crippen LogP contribution in [-0.4, -0.2) is 40.6 Å². The molecule has 0 unspecified atom stereocenters. The van der Waals surface area contributed by atoms with Crippen molar-refractivity contribution in [3.05, 3.63) is 47.8 Å². The smallest absolute Gasteiger partial charge is 0.253 e. The molecule has 26 heavy (non-hydrogen) atoms. The van der Waals surface area contributed by atoms with Crippen LogP contribution in [0, 0.1) is 11.7 Å². The SMILES string of the molecule is COc1ccc(C(=O)N2CCC[C@H](c3nccn3CC3CC3)C2)cc1F. The molecule has 1 saturated heterocycles. The molecular weight excluding hydrogens is 333 g/mol. The summed E-state index contributed by atoms with van der Waals surface area (Å²) in [5.41, 5.74) is 0.366. The van der Waals surface area contributed by atoms with Crippen molar-refractivity contribution < 1.29 is 13.9 Å². The predicted molar refractivity (Wildman–Crippen MR) is 95.8 cm³/mol. The Kier molecular flexibility index (Phi) is 4.66. The van der Waals surface area contributed by atoms with E-state index in [1.807, 2.05) is 17.3 Å². The Morgan fingerprint density at radius 3 is 2.92 bits per heavy atom. The van der Waals surface area contributed by atoms with Gasteiger partial charge in [-0.3, -0.25) is 4.79 Å². The van der Waals surface area contributed by atoms with Crippen LogP contribution in [0.2, 0.25) is 0 Å². The minimum absolute atomic E-state index is 0.128. The second kappa shape index (κ2) is 7.09. The quantitative estimate of drug-likeness (QED) is 0.823. The Morgan fingerprint density at radius 2 is 2.19 bits per heavy atom. The highest BCUT2D eigenvalue weighted by molar-refractivity contribution is 5.94. The van der Waals surface area contributed by atoms with Crippen molar-refractivity contribution in [1.82, 2.24) is 14.5 Å². The minimum atomic E-state index is -0.508. The van der Waals surface area contributed by atoms with Crippen LogP contribution in [0.5, 0.6) is 5.75 Å². The van der Waals surface area contributed by atoms with E-state index in [1.165, 1.54) is 32.1 Å². The third kappa shape index (κ3) is 3.45. The van der Waals surface area contributed by atoms with Crippen LogP contribution in [0.1, 0.15) is 47.8 Å². The fourth-order valence-electron chi connectivity index (χ4n) is 3.77. The lowest BCUT2D eigenvalue weighted by molar-refractivity contribution is 0.0702. The van der Waals surface area contributed by atoms with E-state index in [0.717, 1.165) is 31.1 Å². The number of piperidine rings is 1. The molecule has 2 fully saturated rings. The summed E-state index contributed by atoms with van der Waals surface area (Å²) < 4.78 is 21.1. The predicted octanol–water partition coefficient (Wildman–Crippen LogP) is 3.46. The van der Waals surface area contributed by atoms with E-state index in [9.17, 15) is 9.18 Å². The average Bonchev–Trinajstić information content (AvgIpc) is 3.36. The Labute approximate surface area is 152 Å². The van der Waals surface area contributed by atoms with E-state index in [4.69, 9.17) is 4.74 Å². The van der Waals surface area contributed by atoms with Gasteiger partial charge < -0.3 is 14.2 Å². The molecule has 2 aliphatic rings. The number of halogens is 1. The largest absolute Gasteiger partial charge is 0.494 e. The van der Waals surface area contributed by atoms with Crippen LogP contribution in [0.4, 0.5) is 4.39 Å². The summed E-state index contributed by atoms with van der Waals surface area (Å²) in [5.74, 6) is 1.62. The Morgan fingerprint density at radius 1 is 1.35 bits per heavy atom. The second-order valence-electron chi connectivity index (χ2n) is 7.32. The van der Waals surface area contributed by atoms with Gasteiger partial charge in [0.05, 0.1) is 7.11 Å². The highest BCUT2D eigenvalue weighted by Gasteiger charge is 2.30. The zero-order valence-electron chi connectivity index (χ0n) is 15.0. The monoisotopic (exact) mass is 357 g/mol. The summed E-state index contributed by atoms with van der Waals surface area (Å²) in [6, 6.07) is 4.40. The molecule has 1 aliphatic heterocycles. The number of nitrogens with zero attached hydrogens (tertiary/aromatic N) is 3. The van der Waals surface area contributed by atoms with Gasteiger partial charge in [-0.1, -0.05) is 0 Å². The molecule has 1 saturated carbocycles. The summed E-state index contributed by atoms with van der Waals surface area (Å²) in [6.45, 7) is 2.37. The molecule has 1 aromatic carbocycles. The first-order valence-electron chi connectivity index (χ1n) is 9.29. The number of likely N-dealkylation sites (tertiary alicyclic amines) is 1. The maximum Gasteiger partial charge on any atom is 0.253 e. The molecule has 1 aromatic heterocycles. The minimum Gasteiger partial charge on any atom is -0.494 e. The standard InChI is InChI=1S/C20H24FN3O2/c1-26-18-7-6-15(11-17(18)21)20(25)24-9-2-3-16(13-24)19-22-8-10-23(19)12-14-4-5-14/h6-8,10-11,14,16H,2-5,9,12-13H2,1H3/t16-/m0/s1. The van der Waals surface area contributed by atoms with Gasteiger partial charge >= 0.3 is 0 Å². The summed E-state index contributed by atoms with van der Waals surface area (Å²) in [6.07, 6.45) is 8.48. The molecule has 2 aromatic rings. The van der Waals surface area contributed by atoms with E-state index >= 15 is 0 Å². The molecule has 4 rings (SSSR count). The van der Waals surface area contributed by atoms with Gasteiger partial charge in [0.2, 0.25) is 0 Å². The normalized spacial score (nSPS) is 20.2. The lowest BCUT2D eigenvalue weighted by Crippen LogP contribution is -2.39. The van der Waals surface area contributed by atoms with Gasteiger partial charge in [0, 0.05) is 43.5 Å². The van der Waals surface area contributed by atoms with Gasteiger partial charge in [0.1, 0.15) is 5.82 Å². The number of carbonyl (C=O) groups is 1. The number of rotatable bonds is 5. The first-order chi connectivity index (χ1) is 12.7. The molecule has 5 nitrogen and oxygen atoms in total. The fourth-order valence-corrected chi connectivity index (χ4v) is 3.77. The number of hydrogen-bond donors (Lipinski definition) is 0. The fraction of sp³-hybridized carbons (Fsp3) is 0.500. The lowest BCUT2D eigenvalue weighted by Gasteiger charge is -2.33. The molecule has 2 heterocycles. The zero-order valence-corrected chi connectivity index (χ0v) is 15.0. The third-order valence-electron chi connectivity index (χ3n) is 5.37. The maximum atomic E-state index is 13.9. The van der Waals surface area contributed by atoms with Gasteiger partial charge in [0.15, 0.2) is 11.6 Å². The van der Waals surface area contributed by atoms with Gasteiger partial charge in [-0.2, -0.15) is 0 Å². The van der Waals surface area contributed by atoms with Crippen LogP contribution in [0.15, 0.2) is 30.6 Å². The molecule has 1 amide bonds. The maximum absolute atomic E-state index is 13.9.